The SMILES string of the molecule is CCCCN(CC)C1CC(C)(C)NC(C)(C)C1. The van der Waals surface area contributed by atoms with E-state index in [1.165, 1.54) is 38.8 Å². The highest BCUT2D eigenvalue weighted by Gasteiger charge is 2.39. The predicted octanol–water partition coefficient (Wildman–Crippen LogP) is 3.42. The fourth-order valence-corrected chi connectivity index (χ4v) is 3.49. The summed E-state index contributed by atoms with van der Waals surface area (Å²) < 4.78 is 0. The average molecular weight is 240 g/mol. The molecule has 0 atom stereocenters. The Balaban J connectivity index is 2.67. The van der Waals surface area contributed by atoms with Crippen LogP contribution >= 0.6 is 0 Å². The quantitative estimate of drug-likeness (QED) is 0.792. The molecule has 0 aromatic carbocycles. The van der Waals surface area contributed by atoms with Gasteiger partial charge in [-0.3, -0.25) is 0 Å². The van der Waals surface area contributed by atoms with E-state index in [-0.39, 0.29) is 11.1 Å². The Hall–Kier alpha value is -0.0800. The Kier molecular flexibility index (Phi) is 5.03. The minimum Gasteiger partial charge on any atom is -0.307 e. The van der Waals surface area contributed by atoms with Crippen molar-refractivity contribution in [2.24, 2.45) is 0 Å². The van der Waals surface area contributed by atoms with Crippen LogP contribution in [0, 0.1) is 0 Å². The van der Waals surface area contributed by atoms with Crippen LogP contribution in [-0.4, -0.2) is 35.1 Å². The van der Waals surface area contributed by atoms with Crippen LogP contribution in [0.1, 0.15) is 67.2 Å². The maximum absolute atomic E-state index is 3.77. The molecule has 0 aromatic heterocycles. The zero-order valence-electron chi connectivity index (χ0n) is 12.8. The van der Waals surface area contributed by atoms with Gasteiger partial charge in [0.05, 0.1) is 0 Å². The standard InChI is InChI=1S/C15H32N2/c1-7-9-10-17(8-2)13-11-14(3,4)16-15(5,6)12-13/h13,16H,7-12H2,1-6H3. The van der Waals surface area contributed by atoms with Crippen LogP contribution < -0.4 is 5.32 Å². The van der Waals surface area contributed by atoms with Crippen molar-refractivity contribution in [2.45, 2.75) is 84.3 Å². The summed E-state index contributed by atoms with van der Waals surface area (Å²) in [6.45, 7) is 16.4. The van der Waals surface area contributed by atoms with E-state index in [4.69, 9.17) is 0 Å². The van der Waals surface area contributed by atoms with E-state index in [1.54, 1.807) is 0 Å². The van der Waals surface area contributed by atoms with Gasteiger partial charge in [0, 0.05) is 17.1 Å². The molecule has 1 aliphatic heterocycles. The predicted molar refractivity (Wildman–Crippen MR) is 76.5 cm³/mol. The highest BCUT2D eigenvalue weighted by molar-refractivity contribution is 5.00. The molecule has 0 radical (unpaired) electrons. The first-order chi connectivity index (χ1) is 7.79. The van der Waals surface area contributed by atoms with E-state index in [0.29, 0.717) is 0 Å². The maximum atomic E-state index is 3.77. The van der Waals surface area contributed by atoms with Crippen LogP contribution in [0.2, 0.25) is 0 Å². The van der Waals surface area contributed by atoms with Crippen LogP contribution in [0.15, 0.2) is 0 Å². The number of hydrogen-bond acceptors (Lipinski definition) is 2. The van der Waals surface area contributed by atoms with E-state index < -0.39 is 0 Å². The van der Waals surface area contributed by atoms with Crippen molar-refractivity contribution in [1.29, 1.82) is 0 Å². The lowest BCUT2D eigenvalue weighted by molar-refractivity contribution is 0.0684. The van der Waals surface area contributed by atoms with Crippen molar-refractivity contribution >= 4 is 0 Å². The zero-order chi connectivity index (χ0) is 13.1. The molecule has 0 aromatic rings. The monoisotopic (exact) mass is 240 g/mol. The summed E-state index contributed by atoms with van der Waals surface area (Å²) in [6, 6.07) is 0.748. The second-order valence-corrected chi connectivity index (χ2v) is 6.94. The molecular weight excluding hydrogens is 208 g/mol. The van der Waals surface area contributed by atoms with Gasteiger partial charge in [0.15, 0.2) is 0 Å². The van der Waals surface area contributed by atoms with Crippen molar-refractivity contribution in [3.63, 3.8) is 0 Å². The molecule has 0 spiro atoms. The molecule has 0 saturated carbocycles. The van der Waals surface area contributed by atoms with Gasteiger partial charge >= 0.3 is 0 Å². The summed E-state index contributed by atoms with van der Waals surface area (Å²) in [6.07, 6.45) is 5.18. The summed E-state index contributed by atoms with van der Waals surface area (Å²) in [5, 5.41) is 3.77. The summed E-state index contributed by atoms with van der Waals surface area (Å²) in [5.41, 5.74) is 0.540. The fraction of sp³-hybridized carbons (Fsp3) is 1.00. The first-order valence-corrected chi connectivity index (χ1v) is 7.33. The number of hydrogen-bond donors (Lipinski definition) is 1. The zero-order valence-corrected chi connectivity index (χ0v) is 12.8. The normalized spacial score (nSPS) is 24.2. The van der Waals surface area contributed by atoms with Crippen LogP contribution in [0.25, 0.3) is 0 Å². The topological polar surface area (TPSA) is 15.3 Å². The third-order valence-corrected chi connectivity index (χ3v) is 3.89. The molecule has 0 bridgehead atoms. The van der Waals surface area contributed by atoms with E-state index in [2.05, 4.69) is 51.8 Å². The van der Waals surface area contributed by atoms with Crippen molar-refractivity contribution in [2.75, 3.05) is 13.1 Å². The lowest BCUT2D eigenvalue weighted by Gasteiger charge is -2.49. The molecule has 17 heavy (non-hydrogen) atoms. The molecule has 102 valence electrons. The smallest absolute Gasteiger partial charge is 0.0145 e. The third kappa shape index (κ3) is 4.59. The van der Waals surface area contributed by atoms with Crippen molar-refractivity contribution in [3.05, 3.63) is 0 Å². The first-order valence-electron chi connectivity index (χ1n) is 7.33. The van der Waals surface area contributed by atoms with E-state index in [1.807, 2.05) is 0 Å². The molecule has 0 unspecified atom stereocenters. The van der Waals surface area contributed by atoms with Crippen LogP contribution in [0.4, 0.5) is 0 Å². The Morgan fingerprint density at radius 2 is 1.59 bits per heavy atom. The molecular formula is C15H32N2. The summed E-state index contributed by atoms with van der Waals surface area (Å²) in [4.78, 5) is 2.69. The van der Waals surface area contributed by atoms with Gasteiger partial charge in [-0.2, -0.15) is 0 Å². The van der Waals surface area contributed by atoms with Crippen molar-refractivity contribution < 1.29 is 0 Å². The molecule has 1 aliphatic rings. The highest BCUT2D eigenvalue weighted by atomic mass is 15.2. The van der Waals surface area contributed by atoms with Gasteiger partial charge in [0.25, 0.3) is 0 Å². The fourth-order valence-electron chi connectivity index (χ4n) is 3.49. The third-order valence-electron chi connectivity index (χ3n) is 3.89. The maximum Gasteiger partial charge on any atom is 0.0145 e. The van der Waals surface area contributed by atoms with Crippen LogP contribution in [0.3, 0.4) is 0 Å². The van der Waals surface area contributed by atoms with Crippen molar-refractivity contribution in [1.82, 2.24) is 10.2 Å². The van der Waals surface area contributed by atoms with Gasteiger partial charge in [-0.1, -0.05) is 20.3 Å². The molecule has 1 N–H and O–H groups in total. The van der Waals surface area contributed by atoms with E-state index >= 15 is 0 Å². The highest BCUT2D eigenvalue weighted by Crippen LogP contribution is 2.31. The Labute approximate surface area is 108 Å². The summed E-state index contributed by atoms with van der Waals surface area (Å²) in [7, 11) is 0. The number of rotatable bonds is 5. The van der Waals surface area contributed by atoms with E-state index in [0.717, 1.165) is 6.04 Å². The second kappa shape index (κ2) is 5.71. The largest absolute Gasteiger partial charge is 0.307 e. The number of nitrogens with one attached hydrogen (secondary N) is 1. The van der Waals surface area contributed by atoms with E-state index in [9.17, 15) is 0 Å². The summed E-state index contributed by atoms with van der Waals surface area (Å²) in [5.74, 6) is 0. The van der Waals surface area contributed by atoms with Gasteiger partial charge in [-0.05, 0) is 60.0 Å². The molecule has 1 rings (SSSR count). The van der Waals surface area contributed by atoms with Gasteiger partial charge in [-0.15, -0.1) is 0 Å². The number of nitrogens with zero attached hydrogens (tertiary/aromatic N) is 1. The lowest BCUT2D eigenvalue weighted by atomic mass is 9.79. The minimum atomic E-state index is 0.270. The van der Waals surface area contributed by atoms with Gasteiger partial charge in [-0.25, -0.2) is 0 Å². The van der Waals surface area contributed by atoms with Crippen LogP contribution in [0.5, 0.6) is 0 Å². The van der Waals surface area contributed by atoms with Gasteiger partial charge in [0.2, 0.25) is 0 Å². The second-order valence-electron chi connectivity index (χ2n) is 6.94. The number of piperidine rings is 1. The molecule has 1 fully saturated rings. The number of unbranched alkanes of at least 4 members (excludes halogenated alkanes) is 1. The van der Waals surface area contributed by atoms with Gasteiger partial charge < -0.3 is 10.2 Å². The Morgan fingerprint density at radius 3 is 2.00 bits per heavy atom. The molecule has 1 saturated heterocycles. The molecule has 0 amide bonds. The average Bonchev–Trinajstić information content (AvgIpc) is 2.14. The Morgan fingerprint density at radius 1 is 1.06 bits per heavy atom. The Bertz CT molecular complexity index is 217. The molecule has 1 heterocycles. The first kappa shape index (κ1) is 15.0. The van der Waals surface area contributed by atoms with Gasteiger partial charge in [0.1, 0.15) is 0 Å². The molecule has 2 nitrogen and oxygen atoms in total. The summed E-state index contributed by atoms with van der Waals surface area (Å²) >= 11 is 0. The minimum absolute atomic E-state index is 0.270. The van der Waals surface area contributed by atoms with Crippen molar-refractivity contribution in [3.8, 4) is 0 Å². The van der Waals surface area contributed by atoms with Crippen LogP contribution in [-0.2, 0) is 0 Å². The lowest BCUT2D eigenvalue weighted by Crippen LogP contribution is -2.62. The molecule has 2 heteroatoms. The molecule has 0 aliphatic carbocycles.